The van der Waals surface area contributed by atoms with E-state index >= 15 is 0 Å². The Balaban J connectivity index is 2.04. The molecule has 0 fully saturated rings. The van der Waals surface area contributed by atoms with Crippen LogP contribution in [0.1, 0.15) is 31.0 Å². The molecule has 2 aromatic carbocycles. The molecule has 2 aromatic rings. The highest BCUT2D eigenvalue weighted by atomic mass is 19.1. The lowest BCUT2D eigenvalue weighted by Crippen LogP contribution is -2.18. The van der Waals surface area contributed by atoms with Crippen LogP contribution in [0.25, 0.3) is 0 Å². The second kappa shape index (κ2) is 7.09. The number of benzene rings is 2. The smallest absolute Gasteiger partial charge is 0.162 e. The number of halogens is 1. The molecule has 3 nitrogen and oxygen atoms in total. The van der Waals surface area contributed by atoms with Crippen LogP contribution in [0.4, 0.5) is 4.39 Å². The van der Waals surface area contributed by atoms with Gasteiger partial charge in [0.25, 0.3) is 0 Å². The molecule has 0 saturated carbocycles. The van der Waals surface area contributed by atoms with Crippen molar-refractivity contribution >= 4 is 0 Å². The van der Waals surface area contributed by atoms with Crippen LogP contribution in [-0.4, -0.2) is 11.7 Å². The maximum atomic E-state index is 13.2. The lowest BCUT2D eigenvalue weighted by Gasteiger charge is -2.16. The first-order chi connectivity index (χ1) is 10.1. The molecular formula is C17H20FNO2. The zero-order valence-electron chi connectivity index (χ0n) is 12.3. The van der Waals surface area contributed by atoms with E-state index in [1.54, 1.807) is 12.1 Å². The van der Waals surface area contributed by atoms with Crippen molar-refractivity contribution in [3.05, 3.63) is 59.4 Å². The molecule has 0 aliphatic heterocycles. The zero-order valence-corrected chi connectivity index (χ0v) is 12.3. The molecule has 4 heteroatoms. The molecule has 0 spiro atoms. The van der Waals surface area contributed by atoms with Crippen molar-refractivity contribution in [2.45, 2.75) is 26.4 Å². The highest BCUT2D eigenvalue weighted by molar-refractivity contribution is 5.45. The Morgan fingerprint density at radius 3 is 2.71 bits per heavy atom. The van der Waals surface area contributed by atoms with Crippen molar-refractivity contribution in [1.82, 2.24) is 5.32 Å². The number of ether oxygens (including phenoxy) is 1. The third-order valence-electron chi connectivity index (χ3n) is 3.33. The summed E-state index contributed by atoms with van der Waals surface area (Å²) in [5.41, 5.74) is 1.62. The molecule has 1 unspecified atom stereocenters. The van der Waals surface area contributed by atoms with Crippen LogP contribution in [0.2, 0.25) is 0 Å². The lowest BCUT2D eigenvalue weighted by molar-refractivity contribution is 0.316. The fraction of sp³-hybridized carbons (Fsp3) is 0.294. The Kier molecular flexibility index (Phi) is 5.17. The van der Waals surface area contributed by atoms with Crippen molar-refractivity contribution in [2.24, 2.45) is 0 Å². The fourth-order valence-corrected chi connectivity index (χ4v) is 2.14. The molecule has 112 valence electrons. The lowest BCUT2D eigenvalue weighted by atomic mass is 10.1. The summed E-state index contributed by atoms with van der Waals surface area (Å²) < 4.78 is 18.6. The van der Waals surface area contributed by atoms with Gasteiger partial charge >= 0.3 is 0 Å². The van der Waals surface area contributed by atoms with E-state index in [0.29, 0.717) is 18.9 Å². The summed E-state index contributed by atoms with van der Waals surface area (Å²) in [6, 6.07) is 11.9. The molecule has 0 heterocycles. The molecule has 0 aliphatic rings. The maximum Gasteiger partial charge on any atom is 0.162 e. The highest BCUT2D eigenvalue weighted by Gasteiger charge is 2.10. The van der Waals surface area contributed by atoms with Crippen LogP contribution in [0.15, 0.2) is 42.5 Å². The predicted octanol–water partition coefficient (Wildman–Crippen LogP) is 3.78. The van der Waals surface area contributed by atoms with Gasteiger partial charge in [-0.3, -0.25) is 0 Å². The van der Waals surface area contributed by atoms with Crippen molar-refractivity contribution in [3.8, 4) is 11.5 Å². The van der Waals surface area contributed by atoms with Crippen molar-refractivity contribution in [1.29, 1.82) is 0 Å². The third-order valence-corrected chi connectivity index (χ3v) is 3.33. The fourth-order valence-electron chi connectivity index (χ4n) is 2.14. The largest absolute Gasteiger partial charge is 0.504 e. The molecule has 1 atom stereocenters. The summed E-state index contributed by atoms with van der Waals surface area (Å²) in [5, 5.41) is 13.4. The Morgan fingerprint density at radius 1 is 1.24 bits per heavy atom. The normalized spacial score (nSPS) is 12.1. The van der Waals surface area contributed by atoms with Crippen LogP contribution < -0.4 is 10.1 Å². The number of rotatable bonds is 6. The number of aromatic hydroxyl groups is 1. The molecule has 0 aromatic heterocycles. The molecule has 0 radical (unpaired) electrons. The Labute approximate surface area is 124 Å². The van der Waals surface area contributed by atoms with Crippen LogP contribution in [0.5, 0.6) is 11.5 Å². The molecule has 2 N–H and O–H groups in total. The quantitative estimate of drug-likeness (QED) is 0.850. The van der Waals surface area contributed by atoms with Gasteiger partial charge in [-0.1, -0.05) is 24.3 Å². The first kappa shape index (κ1) is 15.3. The van der Waals surface area contributed by atoms with Gasteiger partial charge in [-0.25, -0.2) is 4.39 Å². The molecular weight excluding hydrogens is 269 g/mol. The van der Waals surface area contributed by atoms with E-state index in [-0.39, 0.29) is 17.6 Å². The SMILES string of the molecule is CCOc1cccc(CNC(C)c2cccc(F)c2)c1O. The summed E-state index contributed by atoms with van der Waals surface area (Å²) in [5.74, 6) is 0.385. The zero-order chi connectivity index (χ0) is 15.2. The minimum atomic E-state index is -0.248. The summed E-state index contributed by atoms with van der Waals surface area (Å²) >= 11 is 0. The van der Waals surface area contributed by atoms with Crippen LogP contribution in [-0.2, 0) is 6.54 Å². The number of phenols is 1. The monoisotopic (exact) mass is 289 g/mol. The number of hydrogen-bond donors (Lipinski definition) is 2. The number of phenolic OH excluding ortho intramolecular Hbond substituents is 1. The maximum absolute atomic E-state index is 13.2. The predicted molar refractivity (Wildman–Crippen MR) is 80.9 cm³/mol. The average molecular weight is 289 g/mol. The van der Waals surface area contributed by atoms with E-state index in [2.05, 4.69) is 5.32 Å². The van der Waals surface area contributed by atoms with Crippen molar-refractivity contribution in [3.63, 3.8) is 0 Å². The summed E-state index contributed by atoms with van der Waals surface area (Å²) in [4.78, 5) is 0. The van der Waals surface area contributed by atoms with Gasteiger partial charge in [0.05, 0.1) is 6.61 Å². The summed E-state index contributed by atoms with van der Waals surface area (Å²) in [7, 11) is 0. The Hall–Kier alpha value is -2.07. The Morgan fingerprint density at radius 2 is 2.00 bits per heavy atom. The molecule has 0 amide bonds. The van der Waals surface area contributed by atoms with Gasteiger partial charge in [0, 0.05) is 18.2 Å². The van der Waals surface area contributed by atoms with E-state index in [4.69, 9.17) is 4.74 Å². The number of nitrogens with one attached hydrogen (secondary N) is 1. The van der Waals surface area contributed by atoms with E-state index in [9.17, 15) is 9.50 Å². The standard InChI is InChI=1S/C17H20FNO2/c1-3-21-16-9-5-7-14(17(16)20)11-19-12(2)13-6-4-8-15(18)10-13/h4-10,12,19-20H,3,11H2,1-2H3. The molecule has 0 saturated heterocycles. The molecule has 0 aliphatic carbocycles. The van der Waals surface area contributed by atoms with Gasteiger partial charge in [-0.2, -0.15) is 0 Å². The van der Waals surface area contributed by atoms with Crippen LogP contribution >= 0.6 is 0 Å². The first-order valence-electron chi connectivity index (χ1n) is 7.04. The van der Waals surface area contributed by atoms with Crippen LogP contribution in [0, 0.1) is 5.82 Å². The van der Waals surface area contributed by atoms with Gasteiger partial charge in [-0.15, -0.1) is 0 Å². The minimum Gasteiger partial charge on any atom is -0.504 e. The second-order valence-electron chi connectivity index (χ2n) is 4.85. The topological polar surface area (TPSA) is 41.5 Å². The van der Waals surface area contributed by atoms with Gasteiger partial charge < -0.3 is 15.2 Å². The summed E-state index contributed by atoms with van der Waals surface area (Å²) in [6.07, 6.45) is 0. The molecule has 2 rings (SSSR count). The summed E-state index contributed by atoms with van der Waals surface area (Å²) in [6.45, 7) is 4.81. The van der Waals surface area contributed by atoms with Crippen LogP contribution in [0.3, 0.4) is 0 Å². The van der Waals surface area contributed by atoms with Gasteiger partial charge in [0.1, 0.15) is 5.82 Å². The van der Waals surface area contributed by atoms with E-state index in [1.807, 2.05) is 32.0 Å². The van der Waals surface area contributed by atoms with E-state index < -0.39 is 0 Å². The highest BCUT2D eigenvalue weighted by Crippen LogP contribution is 2.30. The second-order valence-corrected chi connectivity index (χ2v) is 4.85. The number of hydrogen-bond acceptors (Lipinski definition) is 3. The Bertz CT molecular complexity index is 601. The first-order valence-corrected chi connectivity index (χ1v) is 7.04. The van der Waals surface area contributed by atoms with Gasteiger partial charge in [0.15, 0.2) is 11.5 Å². The molecule has 21 heavy (non-hydrogen) atoms. The van der Waals surface area contributed by atoms with Gasteiger partial charge in [-0.05, 0) is 37.6 Å². The third kappa shape index (κ3) is 3.95. The van der Waals surface area contributed by atoms with Crippen molar-refractivity contribution < 1.29 is 14.2 Å². The van der Waals surface area contributed by atoms with E-state index in [0.717, 1.165) is 11.1 Å². The van der Waals surface area contributed by atoms with Crippen molar-refractivity contribution in [2.75, 3.05) is 6.61 Å². The van der Waals surface area contributed by atoms with Gasteiger partial charge in [0.2, 0.25) is 0 Å². The van der Waals surface area contributed by atoms with E-state index in [1.165, 1.54) is 12.1 Å². The average Bonchev–Trinajstić information content (AvgIpc) is 2.48. The number of para-hydroxylation sites is 1. The minimum absolute atomic E-state index is 0.0177. The molecule has 0 bridgehead atoms.